The van der Waals surface area contributed by atoms with Gasteiger partial charge in [-0.1, -0.05) is 23.4 Å². The third-order valence-electron chi connectivity index (χ3n) is 2.74. The van der Waals surface area contributed by atoms with E-state index in [2.05, 4.69) is 15.2 Å². The van der Waals surface area contributed by atoms with E-state index < -0.39 is 30.4 Å². The molecule has 0 aliphatic heterocycles. The quantitative estimate of drug-likeness (QED) is 0.488. The van der Waals surface area contributed by atoms with Gasteiger partial charge in [-0.3, -0.25) is 4.79 Å². The summed E-state index contributed by atoms with van der Waals surface area (Å²) in [4.78, 5) is 16.3. The fourth-order valence-corrected chi connectivity index (χ4v) is 1.71. The van der Waals surface area contributed by atoms with Gasteiger partial charge in [0, 0.05) is 11.3 Å². The number of oxime groups is 1. The Balaban J connectivity index is 1.79. The zero-order chi connectivity index (χ0) is 18.3. The summed E-state index contributed by atoms with van der Waals surface area (Å²) >= 11 is 0. The van der Waals surface area contributed by atoms with Crippen LogP contribution in [0.15, 0.2) is 53.7 Å². The SMILES string of the molecule is O=C(CO/N=C\c1ccccc1F)Nc1ccc(OC(F)(F)F)cc1. The highest BCUT2D eigenvalue weighted by Gasteiger charge is 2.30. The van der Waals surface area contributed by atoms with Crippen LogP contribution < -0.4 is 10.1 Å². The molecule has 0 saturated heterocycles. The molecule has 0 heterocycles. The molecule has 9 heteroatoms. The van der Waals surface area contributed by atoms with Crippen molar-refractivity contribution in [2.45, 2.75) is 6.36 Å². The molecule has 2 aromatic carbocycles. The molecule has 0 unspecified atom stereocenters. The van der Waals surface area contributed by atoms with E-state index >= 15 is 0 Å². The molecule has 2 aromatic rings. The number of anilines is 1. The highest BCUT2D eigenvalue weighted by Crippen LogP contribution is 2.23. The largest absolute Gasteiger partial charge is 0.573 e. The number of halogens is 4. The van der Waals surface area contributed by atoms with Gasteiger partial charge < -0.3 is 14.9 Å². The van der Waals surface area contributed by atoms with Crippen LogP contribution in [0.1, 0.15) is 5.56 Å². The normalized spacial score (nSPS) is 11.4. The lowest BCUT2D eigenvalue weighted by Gasteiger charge is -2.09. The van der Waals surface area contributed by atoms with Crippen LogP contribution in [0, 0.1) is 5.82 Å². The van der Waals surface area contributed by atoms with E-state index in [-0.39, 0.29) is 11.3 Å². The number of ether oxygens (including phenoxy) is 1. The van der Waals surface area contributed by atoms with Crippen molar-refractivity contribution in [2.24, 2.45) is 5.16 Å². The first-order valence-electron chi connectivity index (χ1n) is 6.89. The van der Waals surface area contributed by atoms with Crippen LogP contribution in [0.2, 0.25) is 0 Å². The van der Waals surface area contributed by atoms with Crippen LogP contribution in [-0.4, -0.2) is 25.1 Å². The van der Waals surface area contributed by atoms with E-state index in [1.807, 2.05) is 0 Å². The Morgan fingerprint density at radius 2 is 1.80 bits per heavy atom. The fourth-order valence-electron chi connectivity index (χ4n) is 1.71. The first-order valence-corrected chi connectivity index (χ1v) is 6.89. The molecule has 0 aliphatic rings. The van der Waals surface area contributed by atoms with Gasteiger partial charge in [-0.25, -0.2) is 4.39 Å². The Kier molecular flexibility index (Phi) is 5.93. The molecule has 5 nitrogen and oxygen atoms in total. The Bertz CT molecular complexity index is 746. The minimum Gasteiger partial charge on any atom is -0.406 e. The van der Waals surface area contributed by atoms with E-state index in [9.17, 15) is 22.4 Å². The average molecular weight is 356 g/mol. The van der Waals surface area contributed by atoms with Crippen LogP contribution in [0.25, 0.3) is 0 Å². The number of nitrogens with zero attached hydrogens (tertiary/aromatic N) is 1. The molecule has 2 rings (SSSR count). The van der Waals surface area contributed by atoms with E-state index in [0.717, 1.165) is 18.3 Å². The lowest BCUT2D eigenvalue weighted by Crippen LogP contribution is -2.18. The third kappa shape index (κ3) is 6.50. The minimum absolute atomic E-state index is 0.197. The topological polar surface area (TPSA) is 59.9 Å². The first kappa shape index (κ1) is 18.2. The Morgan fingerprint density at radius 3 is 2.44 bits per heavy atom. The van der Waals surface area contributed by atoms with Crippen molar-refractivity contribution in [3.05, 3.63) is 59.9 Å². The number of hydrogen-bond acceptors (Lipinski definition) is 4. The maximum absolute atomic E-state index is 13.3. The second-order valence-electron chi connectivity index (χ2n) is 4.65. The molecule has 0 bridgehead atoms. The molecule has 0 atom stereocenters. The van der Waals surface area contributed by atoms with E-state index in [0.29, 0.717) is 0 Å². The third-order valence-corrected chi connectivity index (χ3v) is 2.74. The van der Waals surface area contributed by atoms with Crippen molar-refractivity contribution in [3.63, 3.8) is 0 Å². The molecule has 0 aliphatic carbocycles. The van der Waals surface area contributed by atoms with E-state index in [1.165, 1.54) is 30.3 Å². The molecule has 0 saturated carbocycles. The molecule has 132 valence electrons. The van der Waals surface area contributed by atoms with Crippen LogP contribution in [0.3, 0.4) is 0 Å². The van der Waals surface area contributed by atoms with Gasteiger partial charge in [-0.15, -0.1) is 13.2 Å². The second-order valence-corrected chi connectivity index (χ2v) is 4.65. The van der Waals surface area contributed by atoms with Gasteiger partial charge in [0.05, 0.1) is 6.21 Å². The van der Waals surface area contributed by atoms with Crippen LogP contribution >= 0.6 is 0 Å². The summed E-state index contributed by atoms with van der Waals surface area (Å²) in [6.45, 7) is -0.453. The predicted octanol–water partition coefficient (Wildman–Crippen LogP) is 3.71. The predicted molar refractivity (Wildman–Crippen MR) is 81.7 cm³/mol. The van der Waals surface area contributed by atoms with E-state index in [1.54, 1.807) is 6.07 Å². The van der Waals surface area contributed by atoms with Crippen molar-refractivity contribution < 1.29 is 31.9 Å². The summed E-state index contributed by atoms with van der Waals surface area (Å²) in [6, 6.07) is 10.5. The molecule has 1 N–H and O–H groups in total. The molecule has 0 radical (unpaired) electrons. The van der Waals surface area contributed by atoms with Crippen molar-refractivity contribution in [1.29, 1.82) is 0 Å². The minimum atomic E-state index is -4.78. The molecule has 25 heavy (non-hydrogen) atoms. The Labute approximate surface area is 139 Å². The lowest BCUT2D eigenvalue weighted by atomic mass is 10.2. The zero-order valence-corrected chi connectivity index (χ0v) is 12.6. The number of benzene rings is 2. The molecular weight excluding hydrogens is 344 g/mol. The zero-order valence-electron chi connectivity index (χ0n) is 12.6. The number of nitrogens with one attached hydrogen (secondary N) is 1. The Hall–Kier alpha value is -3.10. The van der Waals surface area contributed by atoms with E-state index in [4.69, 9.17) is 4.84 Å². The van der Waals surface area contributed by atoms with Crippen molar-refractivity contribution in [1.82, 2.24) is 0 Å². The monoisotopic (exact) mass is 356 g/mol. The number of hydrogen-bond donors (Lipinski definition) is 1. The number of alkyl halides is 3. The average Bonchev–Trinajstić information content (AvgIpc) is 2.54. The van der Waals surface area contributed by atoms with Gasteiger partial charge in [0.2, 0.25) is 0 Å². The van der Waals surface area contributed by atoms with Crippen LogP contribution in [0.5, 0.6) is 5.75 Å². The van der Waals surface area contributed by atoms with Crippen molar-refractivity contribution in [2.75, 3.05) is 11.9 Å². The van der Waals surface area contributed by atoms with Gasteiger partial charge in [0.15, 0.2) is 6.61 Å². The van der Waals surface area contributed by atoms with Gasteiger partial charge in [-0.05, 0) is 30.3 Å². The second kappa shape index (κ2) is 8.13. The molecule has 0 fully saturated rings. The number of carbonyl (C=O) groups is 1. The summed E-state index contributed by atoms with van der Waals surface area (Å²) in [5.74, 6) is -1.48. The molecule has 0 spiro atoms. The van der Waals surface area contributed by atoms with Gasteiger partial charge >= 0.3 is 6.36 Å². The van der Waals surface area contributed by atoms with Crippen molar-refractivity contribution >= 4 is 17.8 Å². The maximum Gasteiger partial charge on any atom is 0.573 e. The van der Waals surface area contributed by atoms with Gasteiger partial charge in [-0.2, -0.15) is 0 Å². The number of rotatable bonds is 6. The maximum atomic E-state index is 13.3. The summed E-state index contributed by atoms with van der Waals surface area (Å²) < 4.78 is 53.1. The first-order chi connectivity index (χ1) is 11.8. The summed E-state index contributed by atoms with van der Waals surface area (Å²) in [5.41, 5.74) is 0.448. The molecular formula is C16H12F4N2O3. The van der Waals surface area contributed by atoms with Gasteiger partial charge in [0.1, 0.15) is 11.6 Å². The number of amides is 1. The highest BCUT2D eigenvalue weighted by atomic mass is 19.4. The van der Waals surface area contributed by atoms with Crippen LogP contribution in [-0.2, 0) is 9.63 Å². The molecule has 1 amide bonds. The standard InChI is InChI=1S/C16H12F4N2O3/c17-14-4-2-1-3-11(14)9-21-24-10-15(23)22-12-5-7-13(8-6-12)25-16(18,19)20/h1-9H,10H2,(H,22,23)/b21-9-. The Morgan fingerprint density at radius 1 is 1.12 bits per heavy atom. The lowest BCUT2D eigenvalue weighted by molar-refractivity contribution is -0.274. The summed E-state index contributed by atoms with van der Waals surface area (Å²) in [7, 11) is 0. The smallest absolute Gasteiger partial charge is 0.406 e. The fraction of sp³-hybridized carbons (Fsp3) is 0.125. The highest BCUT2D eigenvalue weighted by molar-refractivity contribution is 5.91. The molecule has 0 aromatic heterocycles. The number of carbonyl (C=O) groups excluding carboxylic acids is 1. The summed E-state index contributed by atoms with van der Waals surface area (Å²) in [6.07, 6.45) is -3.67. The van der Waals surface area contributed by atoms with Crippen molar-refractivity contribution in [3.8, 4) is 5.75 Å². The summed E-state index contributed by atoms with van der Waals surface area (Å²) in [5, 5.41) is 5.86. The van der Waals surface area contributed by atoms with Crippen LogP contribution in [0.4, 0.5) is 23.2 Å². The van der Waals surface area contributed by atoms with Gasteiger partial charge in [0.25, 0.3) is 5.91 Å².